The average molecular weight is 642 g/mol. The highest BCUT2D eigenvalue weighted by Crippen LogP contribution is 2.49. The van der Waals surface area contributed by atoms with Gasteiger partial charge in [0.25, 0.3) is 0 Å². The fourth-order valence-electron chi connectivity index (χ4n) is 8.14. The molecule has 258 valence electrons. The first-order valence-electron chi connectivity index (χ1n) is 17.8. The molecule has 9 N–H and O–H groups in total. The Morgan fingerprint density at radius 3 is 2.54 bits per heavy atom. The molecule has 9 nitrogen and oxygen atoms in total. The van der Waals surface area contributed by atoms with Crippen LogP contribution in [0.5, 0.6) is 0 Å². The monoisotopic (exact) mass is 641 g/mol. The molecule has 8 atom stereocenters. The first-order valence-corrected chi connectivity index (χ1v) is 17.8. The number of aromatic amines is 1. The number of aliphatic hydroxyl groups excluding tert-OH is 2. The Hall–Kier alpha value is -2.59. The number of nitrogens with one attached hydrogen (secondary N) is 2. The van der Waals surface area contributed by atoms with Crippen molar-refractivity contribution in [3.8, 4) is 0 Å². The van der Waals surface area contributed by atoms with Gasteiger partial charge in [-0.25, -0.2) is 0 Å². The molecule has 2 aliphatic carbocycles. The maximum Gasteiger partial charge on any atom is 0.309 e. The number of allylic oxidation sites excluding steroid dienone is 3. The summed E-state index contributed by atoms with van der Waals surface area (Å²) in [7, 11) is 0. The van der Waals surface area contributed by atoms with Crippen molar-refractivity contribution in [2.45, 2.75) is 133 Å². The van der Waals surface area contributed by atoms with Crippen molar-refractivity contribution in [1.29, 1.82) is 0 Å². The second-order valence-corrected chi connectivity index (χ2v) is 14.5. The summed E-state index contributed by atoms with van der Waals surface area (Å²) in [5, 5.41) is 58.7. The molecule has 0 aromatic carbocycles. The van der Waals surface area contributed by atoms with Gasteiger partial charge in [-0.2, -0.15) is 0 Å². The van der Waals surface area contributed by atoms with E-state index in [2.05, 4.69) is 35.5 Å². The molecule has 1 aromatic rings. The summed E-state index contributed by atoms with van der Waals surface area (Å²) in [6.07, 6.45) is 19.9. The molecular weight excluding hydrogens is 582 g/mol. The van der Waals surface area contributed by atoms with Gasteiger partial charge in [-0.15, -0.1) is 0 Å². The number of hydrogen-bond donors (Lipinski definition) is 8. The highest BCUT2D eigenvalue weighted by atomic mass is 16.4. The minimum Gasteiger partial charge on any atom is -0.481 e. The Balaban J connectivity index is 1.27. The van der Waals surface area contributed by atoms with Crippen LogP contribution in [0.2, 0.25) is 0 Å². The molecule has 0 saturated heterocycles. The van der Waals surface area contributed by atoms with Crippen LogP contribution in [0.3, 0.4) is 0 Å². The molecule has 1 aromatic heterocycles. The standard InChI is InChI=1S/C37H59N3O6/c1-2-3-5-9-26-13-14-29(33(42)21-26)10-6-4-7-12-31(35(43)44)32(41)15-17-36(45)23-28(20-27-16-19-40-34(38)22-27)24-37(36,46)25-30-11-8-18-39-30/h8,11,13-14,16,18,22,26,28-29,31-33,39-42,45-46H,2-7,9-10,12,15,17,19-21,23-25,38H2,1H3,(H,43,44). The van der Waals surface area contributed by atoms with Crippen LogP contribution in [0.25, 0.3) is 0 Å². The zero-order valence-corrected chi connectivity index (χ0v) is 27.7. The maximum absolute atomic E-state index is 12.2. The van der Waals surface area contributed by atoms with Gasteiger partial charge in [0.2, 0.25) is 0 Å². The van der Waals surface area contributed by atoms with Gasteiger partial charge in [0.1, 0.15) is 0 Å². The summed E-state index contributed by atoms with van der Waals surface area (Å²) < 4.78 is 0. The zero-order chi connectivity index (χ0) is 33.2. The van der Waals surface area contributed by atoms with Crippen molar-refractivity contribution < 1.29 is 30.3 Å². The lowest BCUT2D eigenvalue weighted by Gasteiger charge is -2.39. The van der Waals surface area contributed by atoms with Gasteiger partial charge in [0, 0.05) is 30.8 Å². The topological polar surface area (TPSA) is 172 Å². The molecule has 0 spiro atoms. The summed E-state index contributed by atoms with van der Waals surface area (Å²) in [4.78, 5) is 15.3. The molecule has 1 saturated carbocycles. The van der Waals surface area contributed by atoms with Gasteiger partial charge in [0.05, 0.1) is 35.1 Å². The lowest BCUT2D eigenvalue weighted by molar-refractivity contribution is -0.150. The maximum atomic E-state index is 12.2. The van der Waals surface area contributed by atoms with Crippen molar-refractivity contribution in [2.75, 3.05) is 6.54 Å². The van der Waals surface area contributed by atoms with E-state index in [4.69, 9.17) is 5.73 Å². The number of carboxylic acids is 1. The van der Waals surface area contributed by atoms with Crippen molar-refractivity contribution in [3.05, 3.63) is 59.7 Å². The Kier molecular flexibility index (Phi) is 13.4. The Bertz CT molecular complexity index is 1180. The molecule has 1 fully saturated rings. The molecule has 2 heterocycles. The number of carboxylic acid groups (broad SMARTS) is 1. The van der Waals surface area contributed by atoms with Crippen LogP contribution in [0.1, 0.15) is 109 Å². The van der Waals surface area contributed by atoms with Crippen molar-refractivity contribution >= 4 is 5.97 Å². The number of carbonyl (C=O) groups is 1. The third kappa shape index (κ3) is 9.96. The summed E-state index contributed by atoms with van der Waals surface area (Å²) in [6, 6.07) is 3.74. The Labute approximate surface area is 275 Å². The first kappa shape index (κ1) is 36.2. The van der Waals surface area contributed by atoms with Gasteiger partial charge in [-0.05, 0) is 93.4 Å². The van der Waals surface area contributed by atoms with E-state index in [-0.39, 0.29) is 37.2 Å². The lowest BCUT2D eigenvalue weighted by atomic mass is 9.77. The fourth-order valence-corrected chi connectivity index (χ4v) is 8.14. The first-order chi connectivity index (χ1) is 22.0. The number of unbranched alkanes of at least 4 members (excludes halogenated alkanes) is 4. The number of dihydropyridines is 1. The highest BCUT2D eigenvalue weighted by molar-refractivity contribution is 5.70. The largest absolute Gasteiger partial charge is 0.481 e. The normalized spacial score (nSPS) is 30.8. The van der Waals surface area contributed by atoms with Crippen LogP contribution < -0.4 is 11.1 Å². The van der Waals surface area contributed by atoms with Gasteiger partial charge in [-0.3, -0.25) is 4.79 Å². The van der Waals surface area contributed by atoms with E-state index in [1.165, 1.54) is 19.3 Å². The summed E-state index contributed by atoms with van der Waals surface area (Å²) in [5.74, 6) is -0.734. The average Bonchev–Trinajstić information content (AvgIpc) is 3.59. The molecule has 4 rings (SSSR count). The van der Waals surface area contributed by atoms with E-state index < -0.39 is 29.2 Å². The Morgan fingerprint density at radius 2 is 1.85 bits per heavy atom. The second kappa shape index (κ2) is 17.0. The van der Waals surface area contributed by atoms with E-state index >= 15 is 0 Å². The van der Waals surface area contributed by atoms with Crippen LogP contribution in [0.15, 0.2) is 54.0 Å². The fraction of sp³-hybridized carbons (Fsp3) is 0.703. The minimum atomic E-state index is -1.47. The summed E-state index contributed by atoms with van der Waals surface area (Å²) in [5.41, 5.74) is 4.95. The lowest BCUT2D eigenvalue weighted by Crippen LogP contribution is -2.52. The number of nitrogens with two attached hydrogens (primary N) is 1. The minimum absolute atomic E-state index is 0.00949. The van der Waals surface area contributed by atoms with Crippen LogP contribution >= 0.6 is 0 Å². The van der Waals surface area contributed by atoms with Gasteiger partial charge in [-0.1, -0.05) is 63.7 Å². The van der Waals surface area contributed by atoms with E-state index in [9.17, 15) is 30.3 Å². The molecule has 46 heavy (non-hydrogen) atoms. The molecule has 8 unspecified atom stereocenters. The van der Waals surface area contributed by atoms with E-state index in [0.717, 1.165) is 43.4 Å². The third-order valence-corrected chi connectivity index (χ3v) is 10.8. The van der Waals surface area contributed by atoms with Crippen LogP contribution in [-0.2, 0) is 11.2 Å². The summed E-state index contributed by atoms with van der Waals surface area (Å²) in [6.45, 7) is 2.84. The van der Waals surface area contributed by atoms with Gasteiger partial charge < -0.3 is 41.6 Å². The number of rotatable bonds is 19. The van der Waals surface area contributed by atoms with E-state index in [1.807, 2.05) is 18.2 Å². The number of H-pyrrole nitrogens is 1. The number of aliphatic hydroxyl groups is 4. The third-order valence-electron chi connectivity index (χ3n) is 10.8. The molecule has 0 bridgehead atoms. The van der Waals surface area contributed by atoms with Crippen molar-refractivity contribution in [3.63, 3.8) is 0 Å². The summed E-state index contributed by atoms with van der Waals surface area (Å²) >= 11 is 0. The van der Waals surface area contributed by atoms with Gasteiger partial charge >= 0.3 is 5.97 Å². The van der Waals surface area contributed by atoms with E-state index in [1.54, 1.807) is 6.20 Å². The van der Waals surface area contributed by atoms with Crippen LogP contribution in [0.4, 0.5) is 0 Å². The van der Waals surface area contributed by atoms with Crippen LogP contribution in [-0.4, -0.2) is 66.4 Å². The molecular formula is C37H59N3O6. The van der Waals surface area contributed by atoms with Crippen molar-refractivity contribution in [1.82, 2.24) is 10.3 Å². The molecule has 1 aliphatic heterocycles. The predicted molar refractivity (Wildman–Crippen MR) is 180 cm³/mol. The number of aromatic nitrogens is 1. The highest BCUT2D eigenvalue weighted by Gasteiger charge is 2.56. The molecule has 0 amide bonds. The molecule has 0 radical (unpaired) electrons. The van der Waals surface area contributed by atoms with Crippen molar-refractivity contribution in [2.24, 2.45) is 29.4 Å². The van der Waals surface area contributed by atoms with Gasteiger partial charge in [0.15, 0.2) is 0 Å². The van der Waals surface area contributed by atoms with E-state index in [0.29, 0.717) is 50.4 Å². The zero-order valence-electron chi connectivity index (χ0n) is 27.7. The smallest absolute Gasteiger partial charge is 0.309 e. The van der Waals surface area contributed by atoms with Crippen LogP contribution in [0, 0.1) is 23.7 Å². The SMILES string of the molecule is CCCCCC1C=CC(CCCCCC(C(=O)O)C(O)CCC2(O)CC(CC3=CCNC(N)=C3)CC2(O)Cc2ccc[nH]2)C(O)C1. The predicted octanol–water partition coefficient (Wildman–Crippen LogP) is 5.08. The molecule has 3 aliphatic rings. The number of hydrogen-bond acceptors (Lipinski definition) is 7. The Morgan fingerprint density at radius 1 is 1.07 bits per heavy atom. The second-order valence-electron chi connectivity index (χ2n) is 14.5. The number of aliphatic carboxylic acids is 1. The quantitative estimate of drug-likeness (QED) is 0.0764. The molecule has 9 heteroatoms.